The van der Waals surface area contributed by atoms with E-state index < -0.39 is 0 Å². The van der Waals surface area contributed by atoms with Crippen LogP contribution in [0.25, 0.3) is 5.69 Å². The first kappa shape index (κ1) is 21.7. The standard InChI is InChI=1S/C25H35N5O/c1-17-16-26-22(20-8-7-19(13-23(20)31)30-12-6-11-27-30)10-9-21(17)28-18-14-24(2,3)29-25(4,5)15-18/h6-13,18,22,26,28-29,31H,14-16H2,1-5H3. The number of nitrogens with zero attached hydrogens (tertiary/aromatic N) is 2. The number of piperidine rings is 1. The van der Waals surface area contributed by atoms with Crippen molar-refractivity contribution in [3.05, 3.63) is 65.6 Å². The van der Waals surface area contributed by atoms with Crippen LogP contribution in [0.3, 0.4) is 0 Å². The lowest BCUT2D eigenvalue weighted by Crippen LogP contribution is -2.61. The van der Waals surface area contributed by atoms with Gasteiger partial charge in [0.2, 0.25) is 0 Å². The number of phenolic OH excluding ortho intramolecular Hbond substituents is 1. The van der Waals surface area contributed by atoms with E-state index >= 15 is 0 Å². The van der Waals surface area contributed by atoms with Crippen molar-refractivity contribution >= 4 is 0 Å². The van der Waals surface area contributed by atoms with Crippen LogP contribution in [-0.2, 0) is 0 Å². The molecule has 0 spiro atoms. The van der Waals surface area contributed by atoms with Gasteiger partial charge < -0.3 is 21.1 Å². The predicted molar refractivity (Wildman–Crippen MR) is 125 cm³/mol. The first-order valence-electron chi connectivity index (χ1n) is 11.1. The lowest BCUT2D eigenvalue weighted by molar-refractivity contribution is 0.151. The van der Waals surface area contributed by atoms with Gasteiger partial charge in [0.1, 0.15) is 5.75 Å². The van der Waals surface area contributed by atoms with Crippen molar-refractivity contribution in [2.45, 2.75) is 70.6 Å². The van der Waals surface area contributed by atoms with Crippen LogP contribution in [0.2, 0.25) is 0 Å². The molecular weight excluding hydrogens is 386 g/mol. The van der Waals surface area contributed by atoms with Crippen LogP contribution in [0, 0.1) is 0 Å². The van der Waals surface area contributed by atoms with E-state index in [1.54, 1.807) is 16.9 Å². The maximum absolute atomic E-state index is 10.7. The zero-order valence-corrected chi connectivity index (χ0v) is 19.2. The Labute approximate surface area is 185 Å². The summed E-state index contributed by atoms with van der Waals surface area (Å²) < 4.78 is 1.75. The Kier molecular flexibility index (Phi) is 5.71. The van der Waals surface area contributed by atoms with E-state index in [2.05, 4.69) is 67.8 Å². The fraction of sp³-hybridized carbons (Fsp3) is 0.480. The van der Waals surface area contributed by atoms with Gasteiger partial charge in [-0.3, -0.25) is 0 Å². The molecule has 2 aromatic rings. The molecule has 4 N–H and O–H groups in total. The van der Waals surface area contributed by atoms with Gasteiger partial charge in [0, 0.05) is 53.4 Å². The molecule has 0 aliphatic carbocycles. The molecule has 0 radical (unpaired) electrons. The molecular formula is C25H35N5O. The van der Waals surface area contributed by atoms with Crippen molar-refractivity contribution in [2.24, 2.45) is 0 Å². The van der Waals surface area contributed by atoms with Gasteiger partial charge >= 0.3 is 0 Å². The molecule has 1 aromatic carbocycles. The Bertz CT molecular complexity index is 971. The van der Waals surface area contributed by atoms with Crippen LogP contribution in [0.4, 0.5) is 0 Å². The van der Waals surface area contributed by atoms with Gasteiger partial charge in [-0.1, -0.05) is 12.1 Å². The summed E-state index contributed by atoms with van der Waals surface area (Å²) in [5, 5.41) is 26.1. The second-order valence-electron chi connectivity index (χ2n) is 10.2. The molecule has 1 atom stereocenters. The largest absolute Gasteiger partial charge is 0.508 e. The first-order chi connectivity index (χ1) is 14.6. The average molecular weight is 422 g/mol. The second kappa shape index (κ2) is 8.17. The number of nitrogens with one attached hydrogen (secondary N) is 3. The molecule has 6 nitrogen and oxygen atoms in total. The lowest BCUT2D eigenvalue weighted by Gasteiger charge is -2.47. The number of benzene rings is 1. The third-order valence-corrected chi connectivity index (χ3v) is 6.17. The molecule has 31 heavy (non-hydrogen) atoms. The van der Waals surface area contributed by atoms with Gasteiger partial charge in [-0.15, -0.1) is 0 Å². The summed E-state index contributed by atoms with van der Waals surface area (Å²) >= 11 is 0. The molecule has 0 saturated carbocycles. The predicted octanol–water partition coefficient (Wildman–Crippen LogP) is 3.95. The minimum atomic E-state index is -0.0539. The van der Waals surface area contributed by atoms with Gasteiger partial charge in [0.25, 0.3) is 0 Å². The number of allylic oxidation sites excluding steroid dienone is 1. The number of hydrogen-bond donors (Lipinski definition) is 4. The van der Waals surface area contributed by atoms with E-state index in [4.69, 9.17) is 0 Å². The van der Waals surface area contributed by atoms with Crippen molar-refractivity contribution in [1.82, 2.24) is 25.7 Å². The zero-order chi connectivity index (χ0) is 22.2. The number of hydrogen-bond acceptors (Lipinski definition) is 5. The molecule has 4 rings (SSSR count). The normalized spacial score (nSPS) is 23.6. The fourth-order valence-corrected chi connectivity index (χ4v) is 5.15. The summed E-state index contributed by atoms with van der Waals surface area (Å²) in [5.41, 5.74) is 4.37. The van der Waals surface area contributed by atoms with E-state index in [1.807, 2.05) is 24.4 Å². The SMILES string of the molecule is CC1=C(NC2CC(C)(C)NC(C)(C)C2)C=CC(c2ccc(-n3cccn3)cc2O)NC1. The van der Waals surface area contributed by atoms with Crippen molar-refractivity contribution in [3.8, 4) is 11.4 Å². The van der Waals surface area contributed by atoms with E-state index in [1.165, 1.54) is 11.3 Å². The van der Waals surface area contributed by atoms with E-state index in [0.29, 0.717) is 6.04 Å². The lowest BCUT2D eigenvalue weighted by atomic mass is 9.79. The Balaban J connectivity index is 1.50. The van der Waals surface area contributed by atoms with Gasteiger partial charge in [0.15, 0.2) is 0 Å². The summed E-state index contributed by atoms with van der Waals surface area (Å²) in [6.07, 6.45) is 10.1. The molecule has 1 unspecified atom stereocenters. The molecule has 2 aliphatic rings. The average Bonchev–Trinajstić information content (AvgIpc) is 3.13. The van der Waals surface area contributed by atoms with Crippen LogP contribution in [-0.4, -0.2) is 38.6 Å². The Morgan fingerprint density at radius 1 is 1.16 bits per heavy atom. The Morgan fingerprint density at radius 2 is 1.90 bits per heavy atom. The number of aromatic hydroxyl groups is 1. The van der Waals surface area contributed by atoms with E-state index in [-0.39, 0.29) is 22.9 Å². The zero-order valence-electron chi connectivity index (χ0n) is 19.2. The minimum absolute atomic E-state index is 0.0539. The highest BCUT2D eigenvalue weighted by Crippen LogP contribution is 2.31. The number of rotatable bonds is 4. The maximum Gasteiger partial charge on any atom is 0.122 e. The van der Waals surface area contributed by atoms with Crippen molar-refractivity contribution < 1.29 is 5.11 Å². The van der Waals surface area contributed by atoms with E-state index in [0.717, 1.165) is 30.6 Å². The quantitative estimate of drug-likeness (QED) is 0.602. The molecule has 1 aromatic heterocycles. The van der Waals surface area contributed by atoms with Crippen molar-refractivity contribution in [2.75, 3.05) is 6.54 Å². The monoisotopic (exact) mass is 421 g/mol. The molecule has 3 heterocycles. The summed E-state index contributed by atoms with van der Waals surface area (Å²) in [4.78, 5) is 0. The topological polar surface area (TPSA) is 74.1 Å². The summed E-state index contributed by atoms with van der Waals surface area (Å²) in [6.45, 7) is 12.0. The molecule has 6 heteroatoms. The number of phenols is 1. The molecule has 2 aliphatic heterocycles. The van der Waals surface area contributed by atoms with E-state index in [9.17, 15) is 5.11 Å². The molecule has 1 saturated heterocycles. The third-order valence-electron chi connectivity index (χ3n) is 6.17. The van der Waals surface area contributed by atoms with Crippen LogP contribution in [0.15, 0.2) is 60.1 Å². The fourth-order valence-electron chi connectivity index (χ4n) is 5.15. The van der Waals surface area contributed by atoms with Crippen LogP contribution >= 0.6 is 0 Å². The maximum atomic E-state index is 10.7. The number of aromatic nitrogens is 2. The highest BCUT2D eigenvalue weighted by atomic mass is 16.3. The van der Waals surface area contributed by atoms with Crippen molar-refractivity contribution in [1.29, 1.82) is 0 Å². The first-order valence-corrected chi connectivity index (χ1v) is 11.1. The Hall–Kier alpha value is -2.57. The van der Waals surface area contributed by atoms with Gasteiger partial charge in [0.05, 0.1) is 11.7 Å². The van der Waals surface area contributed by atoms with Gasteiger partial charge in [-0.25, -0.2) is 4.68 Å². The van der Waals surface area contributed by atoms with Gasteiger partial charge in [-0.05, 0) is 71.2 Å². The van der Waals surface area contributed by atoms with Gasteiger partial charge in [-0.2, -0.15) is 5.10 Å². The molecule has 0 amide bonds. The molecule has 1 fully saturated rings. The van der Waals surface area contributed by atoms with Crippen LogP contribution in [0.1, 0.15) is 59.1 Å². The molecule has 166 valence electrons. The molecule has 0 bridgehead atoms. The second-order valence-corrected chi connectivity index (χ2v) is 10.2. The minimum Gasteiger partial charge on any atom is -0.508 e. The summed E-state index contributed by atoms with van der Waals surface area (Å²) in [5.74, 6) is 0.270. The third kappa shape index (κ3) is 5.02. The Morgan fingerprint density at radius 3 is 2.55 bits per heavy atom. The van der Waals surface area contributed by atoms with Crippen LogP contribution < -0.4 is 16.0 Å². The van der Waals surface area contributed by atoms with Crippen LogP contribution in [0.5, 0.6) is 5.75 Å². The van der Waals surface area contributed by atoms with Crippen molar-refractivity contribution in [3.63, 3.8) is 0 Å². The summed E-state index contributed by atoms with van der Waals surface area (Å²) in [7, 11) is 0. The highest BCUT2D eigenvalue weighted by molar-refractivity contribution is 5.47. The highest BCUT2D eigenvalue weighted by Gasteiger charge is 2.37. The smallest absolute Gasteiger partial charge is 0.122 e. The summed E-state index contributed by atoms with van der Waals surface area (Å²) in [6, 6.07) is 7.96.